The molecule has 0 saturated carbocycles. The Morgan fingerprint density at radius 2 is 1.62 bits per heavy atom. The molecule has 1 N–H and O–H groups in total. The van der Waals surface area contributed by atoms with Crippen LogP contribution in [0, 0.1) is 0 Å². The van der Waals surface area contributed by atoms with Crippen molar-refractivity contribution >= 4 is 17.7 Å². The summed E-state index contributed by atoms with van der Waals surface area (Å²) >= 11 is 1.47. The van der Waals surface area contributed by atoms with Crippen molar-refractivity contribution in [1.29, 1.82) is 0 Å². The molecule has 1 aliphatic rings. The van der Waals surface area contributed by atoms with Crippen molar-refractivity contribution in [3.8, 4) is 11.5 Å². The van der Waals surface area contributed by atoms with Gasteiger partial charge in [-0.2, -0.15) is 0 Å². The quantitative estimate of drug-likeness (QED) is 0.570. The molecule has 1 aromatic rings. The summed E-state index contributed by atoms with van der Waals surface area (Å²) in [5.74, 6) is 0.132. The molecule has 1 aliphatic heterocycles. The Morgan fingerprint density at radius 3 is 2.10 bits per heavy atom. The number of esters is 1. The third kappa shape index (κ3) is 2.91. The lowest BCUT2D eigenvalue weighted by Crippen LogP contribution is -2.27. The molecule has 0 radical (unpaired) electrons. The van der Waals surface area contributed by atoms with E-state index in [2.05, 4.69) is 26.8 Å². The number of aromatic hydroxyl groups is 1. The van der Waals surface area contributed by atoms with Gasteiger partial charge in [-0.1, -0.05) is 41.5 Å². The molecule has 0 saturated heterocycles. The fraction of sp³-hybridized carbons (Fsp3) is 0.588. The maximum atomic E-state index is 11.9. The maximum Gasteiger partial charge on any atom is 0.324 e. The minimum Gasteiger partial charge on any atom is -0.504 e. The summed E-state index contributed by atoms with van der Waals surface area (Å²) in [7, 11) is 0. The van der Waals surface area contributed by atoms with E-state index in [4.69, 9.17) is 4.74 Å². The van der Waals surface area contributed by atoms with E-state index < -0.39 is 0 Å². The third-order valence-corrected chi connectivity index (χ3v) is 4.84. The molecule has 4 heteroatoms. The average Bonchev–Trinajstić information content (AvgIpc) is 2.28. The number of fused-ring (bicyclic) bond motifs is 1. The van der Waals surface area contributed by atoms with Gasteiger partial charge in [0.15, 0.2) is 11.5 Å². The topological polar surface area (TPSA) is 46.5 Å². The monoisotopic (exact) mass is 308 g/mol. The van der Waals surface area contributed by atoms with E-state index in [0.717, 1.165) is 16.0 Å². The van der Waals surface area contributed by atoms with Crippen LogP contribution in [0.1, 0.15) is 59.6 Å². The van der Waals surface area contributed by atoms with Crippen LogP contribution in [0.4, 0.5) is 0 Å². The van der Waals surface area contributed by atoms with Gasteiger partial charge in [-0.15, -0.1) is 11.8 Å². The van der Waals surface area contributed by atoms with Crippen LogP contribution < -0.4 is 4.74 Å². The lowest BCUT2D eigenvalue weighted by Gasteiger charge is -2.32. The number of phenols is 1. The lowest BCUT2D eigenvalue weighted by molar-refractivity contribution is -0.134. The number of rotatable bonds is 0. The normalized spacial score (nSPS) is 19.2. The highest BCUT2D eigenvalue weighted by molar-refractivity contribution is 8.00. The predicted octanol–water partition coefficient (Wildman–Crippen LogP) is 4.39. The number of carbonyl (C=O) groups is 1. The summed E-state index contributed by atoms with van der Waals surface area (Å²) in [4.78, 5) is 12.8. The second-order valence-corrected chi connectivity index (χ2v) is 9.01. The summed E-state index contributed by atoms with van der Waals surface area (Å²) in [6, 6.07) is 2.06. The first-order valence-electron chi connectivity index (χ1n) is 7.22. The Labute approximate surface area is 131 Å². The fourth-order valence-corrected chi connectivity index (χ4v) is 3.61. The number of thioether (sulfide) groups is 1. The molecule has 21 heavy (non-hydrogen) atoms. The van der Waals surface area contributed by atoms with Gasteiger partial charge in [-0.25, -0.2) is 0 Å². The number of benzene rings is 1. The van der Waals surface area contributed by atoms with E-state index in [-0.39, 0.29) is 27.8 Å². The van der Waals surface area contributed by atoms with Crippen LogP contribution in [-0.4, -0.2) is 16.3 Å². The Morgan fingerprint density at radius 1 is 1.10 bits per heavy atom. The summed E-state index contributed by atoms with van der Waals surface area (Å²) < 4.78 is 5.44. The number of phenolic OH excluding ortho intramolecular Hbond substituents is 1. The van der Waals surface area contributed by atoms with Crippen molar-refractivity contribution in [2.45, 2.75) is 69.4 Å². The van der Waals surface area contributed by atoms with Crippen LogP contribution in [0.5, 0.6) is 11.5 Å². The molecule has 0 amide bonds. The highest BCUT2D eigenvalue weighted by Gasteiger charge is 2.36. The molecule has 0 bridgehead atoms. The Bertz CT molecular complexity index is 592. The molecule has 1 aromatic carbocycles. The van der Waals surface area contributed by atoms with Crippen LogP contribution in [0.15, 0.2) is 11.0 Å². The fourth-order valence-electron chi connectivity index (χ4n) is 2.38. The van der Waals surface area contributed by atoms with E-state index in [1.165, 1.54) is 11.8 Å². The number of hydrogen-bond donors (Lipinski definition) is 1. The first-order chi connectivity index (χ1) is 9.43. The van der Waals surface area contributed by atoms with Gasteiger partial charge in [-0.3, -0.25) is 4.79 Å². The van der Waals surface area contributed by atoms with E-state index >= 15 is 0 Å². The smallest absolute Gasteiger partial charge is 0.324 e. The largest absolute Gasteiger partial charge is 0.504 e. The van der Waals surface area contributed by atoms with Gasteiger partial charge < -0.3 is 9.84 Å². The maximum absolute atomic E-state index is 11.9. The highest BCUT2D eigenvalue weighted by atomic mass is 32.2. The van der Waals surface area contributed by atoms with E-state index in [1.807, 2.05) is 27.7 Å². The molecule has 0 aromatic heterocycles. The second kappa shape index (κ2) is 4.94. The molecular formula is C17H24O3S. The highest BCUT2D eigenvalue weighted by Crippen LogP contribution is 2.51. The standard InChI is InChI=1S/C17H24O3S/c1-9-15(19)20-13-12(18)10(16(2,3)4)8-11(14(13)21-9)17(5,6)7/h8-9,18H,1-7H3/t9-/m1/s1. The molecule has 0 fully saturated rings. The molecule has 2 rings (SSSR count). The van der Waals surface area contributed by atoms with Gasteiger partial charge in [-0.05, 0) is 29.4 Å². The molecule has 3 nitrogen and oxygen atoms in total. The van der Waals surface area contributed by atoms with Gasteiger partial charge in [0.05, 0.1) is 4.90 Å². The van der Waals surface area contributed by atoms with Crippen LogP contribution >= 0.6 is 11.8 Å². The Balaban J connectivity index is 2.78. The van der Waals surface area contributed by atoms with Crippen molar-refractivity contribution < 1.29 is 14.6 Å². The SMILES string of the molecule is C[C@H]1Sc2c(C(C)(C)C)cc(C(C)(C)C)c(O)c2OC1=O. The second-order valence-electron chi connectivity index (χ2n) is 7.66. The van der Waals surface area contributed by atoms with Gasteiger partial charge in [0.25, 0.3) is 0 Å². The van der Waals surface area contributed by atoms with Crippen molar-refractivity contribution in [3.63, 3.8) is 0 Å². The van der Waals surface area contributed by atoms with E-state index in [9.17, 15) is 9.90 Å². The zero-order valence-electron chi connectivity index (χ0n) is 13.8. The van der Waals surface area contributed by atoms with E-state index in [0.29, 0.717) is 5.75 Å². The first-order valence-corrected chi connectivity index (χ1v) is 8.10. The molecule has 1 atom stereocenters. The Kier molecular flexibility index (Phi) is 3.81. The van der Waals surface area contributed by atoms with E-state index in [1.54, 1.807) is 0 Å². The molecule has 0 spiro atoms. The van der Waals surface area contributed by atoms with Gasteiger partial charge in [0.1, 0.15) is 5.25 Å². The average molecular weight is 308 g/mol. The van der Waals surface area contributed by atoms with Crippen molar-refractivity contribution in [2.24, 2.45) is 0 Å². The van der Waals surface area contributed by atoms with Crippen molar-refractivity contribution in [3.05, 3.63) is 17.2 Å². The summed E-state index contributed by atoms with van der Waals surface area (Å²) in [6.45, 7) is 14.4. The van der Waals surface area contributed by atoms with Crippen LogP contribution in [-0.2, 0) is 15.6 Å². The van der Waals surface area contributed by atoms with Crippen molar-refractivity contribution in [1.82, 2.24) is 0 Å². The third-order valence-electron chi connectivity index (χ3n) is 3.65. The number of hydrogen-bond acceptors (Lipinski definition) is 4. The lowest BCUT2D eigenvalue weighted by atomic mass is 9.80. The summed E-state index contributed by atoms with van der Waals surface area (Å²) in [5, 5.41) is 10.3. The molecule has 0 aliphatic carbocycles. The number of carbonyl (C=O) groups excluding carboxylic acids is 1. The van der Waals surface area contributed by atoms with Gasteiger partial charge in [0, 0.05) is 5.56 Å². The van der Waals surface area contributed by atoms with Crippen LogP contribution in [0.25, 0.3) is 0 Å². The Hall–Kier alpha value is -1.16. The van der Waals surface area contributed by atoms with Crippen LogP contribution in [0.3, 0.4) is 0 Å². The van der Waals surface area contributed by atoms with Gasteiger partial charge in [0.2, 0.25) is 0 Å². The summed E-state index contributed by atoms with van der Waals surface area (Å²) in [6.07, 6.45) is 0. The van der Waals surface area contributed by atoms with Crippen molar-refractivity contribution in [2.75, 3.05) is 0 Å². The zero-order valence-corrected chi connectivity index (χ0v) is 14.6. The molecule has 116 valence electrons. The van der Waals surface area contributed by atoms with Crippen LogP contribution in [0.2, 0.25) is 0 Å². The zero-order chi connectivity index (χ0) is 16.2. The molecule has 1 heterocycles. The van der Waals surface area contributed by atoms with Gasteiger partial charge >= 0.3 is 5.97 Å². The number of ether oxygens (including phenoxy) is 1. The predicted molar refractivity (Wildman–Crippen MR) is 86.5 cm³/mol. The summed E-state index contributed by atoms with van der Waals surface area (Å²) in [5.41, 5.74) is 1.62. The molecular weight excluding hydrogens is 284 g/mol. The minimum atomic E-state index is -0.297. The first kappa shape index (κ1) is 16.2. The minimum absolute atomic E-state index is 0.0890. The molecule has 0 unspecified atom stereocenters.